The molecule has 0 amide bonds. The second-order valence-corrected chi connectivity index (χ2v) is 6.61. The summed E-state index contributed by atoms with van der Waals surface area (Å²) in [5.41, 5.74) is 5.85. The first-order valence-electron chi connectivity index (χ1n) is 8.48. The summed E-state index contributed by atoms with van der Waals surface area (Å²) in [6, 6.07) is 17.0. The Balaban J connectivity index is 1.73. The number of carboxylic acid groups (broad SMARTS) is 1. The Morgan fingerprint density at radius 1 is 1.16 bits per heavy atom. The van der Waals surface area contributed by atoms with Crippen molar-refractivity contribution in [2.45, 2.75) is 25.4 Å². The Morgan fingerprint density at radius 2 is 1.92 bits per heavy atom. The summed E-state index contributed by atoms with van der Waals surface area (Å²) in [6.07, 6.45) is 3.78. The fraction of sp³-hybridized carbons (Fsp3) is 0.190. The van der Waals surface area contributed by atoms with E-state index < -0.39 is 5.97 Å². The van der Waals surface area contributed by atoms with Gasteiger partial charge in [-0.2, -0.15) is 0 Å². The van der Waals surface area contributed by atoms with Crippen LogP contribution < -0.4 is 5.32 Å². The number of aromatic nitrogens is 1. The number of fused-ring (bicyclic) bond motifs is 3. The molecular formula is C21H20N2O2. The van der Waals surface area contributed by atoms with Gasteiger partial charge in [0, 0.05) is 28.7 Å². The van der Waals surface area contributed by atoms with Crippen molar-refractivity contribution >= 4 is 22.9 Å². The van der Waals surface area contributed by atoms with E-state index in [1.807, 2.05) is 12.1 Å². The Morgan fingerprint density at radius 3 is 2.68 bits per heavy atom. The lowest BCUT2D eigenvalue weighted by atomic mass is 9.90. The fourth-order valence-electron chi connectivity index (χ4n) is 3.65. The third kappa shape index (κ3) is 2.96. The summed E-state index contributed by atoms with van der Waals surface area (Å²) in [5, 5.41) is 13.7. The molecule has 0 fully saturated rings. The quantitative estimate of drug-likeness (QED) is 0.638. The maximum atomic E-state index is 10.6. The first kappa shape index (κ1) is 15.7. The average Bonchev–Trinajstić information content (AvgIpc) is 2.98. The SMILES string of the molecule is C[C@@H]1Cc2c([nH]c3ccccc23)[C@@H](c2ccc(C=CC(=O)O)cc2)N1. The highest BCUT2D eigenvalue weighted by Gasteiger charge is 2.28. The molecule has 3 N–H and O–H groups in total. The fourth-order valence-corrected chi connectivity index (χ4v) is 3.65. The van der Waals surface area contributed by atoms with Gasteiger partial charge in [0.15, 0.2) is 0 Å². The predicted molar refractivity (Wildman–Crippen MR) is 99.6 cm³/mol. The van der Waals surface area contributed by atoms with Gasteiger partial charge in [-0.1, -0.05) is 42.5 Å². The highest BCUT2D eigenvalue weighted by atomic mass is 16.4. The van der Waals surface area contributed by atoms with E-state index >= 15 is 0 Å². The maximum Gasteiger partial charge on any atom is 0.328 e. The molecule has 3 aromatic rings. The van der Waals surface area contributed by atoms with Crippen LogP contribution in [-0.2, 0) is 11.2 Å². The largest absolute Gasteiger partial charge is 0.478 e. The summed E-state index contributed by atoms with van der Waals surface area (Å²) in [5.74, 6) is -0.936. The van der Waals surface area contributed by atoms with Crippen molar-refractivity contribution in [1.29, 1.82) is 0 Å². The molecule has 1 aliphatic rings. The molecule has 0 saturated carbocycles. The maximum absolute atomic E-state index is 10.6. The molecule has 126 valence electrons. The van der Waals surface area contributed by atoms with Crippen molar-refractivity contribution < 1.29 is 9.90 Å². The Kier molecular flexibility index (Phi) is 3.90. The van der Waals surface area contributed by atoms with E-state index in [1.165, 1.54) is 27.7 Å². The lowest BCUT2D eigenvalue weighted by Crippen LogP contribution is -2.37. The Hall–Kier alpha value is -2.85. The van der Waals surface area contributed by atoms with E-state index in [1.54, 1.807) is 6.08 Å². The molecule has 2 aromatic carbocycles. The van der Waals surface area contributed by atoms with Crippen LogP contribution >= 0.6 is 0 Å². The first-order valence-corrected chi connectivity index (χ1v) is 8.48. The van der Waals surface area contributed by atoms with Gasteiger partial charge in [-0.05, 0) is 42.2 Å². The number of hydrogen-bond acceptors (Lipinski definition) is 2. The van der Waals surface area contributed by atoms with Crippen LogP contribution in [0.4, 0.5) is 0 Å². The van der Waals surface area contributed by atoms with E-state index in [2.05, 4.69) is 53.6 Å². The number of hydrogen-bond donors (Lipinski definition) is 3. The minimum Gasteiger partial charge on any atom is -0.478 e. The van der Waals surface area contributed by atoms with Gasteiger partial charge in [0.05, 0.1) is 6.04 Å². The van der Waals surface area contributed by atoms with E-state index in [9.17, 15) is 4.79 Å². The number of rotatable bonds is 3. The summed E-state index contributed by atoms with van der Waals surface area (Å²) < 4.78 is 0. The average molecular weight is 332 g/mol. The predicted octanol–water partition coefficient (Wildman–Crippen LogP) is 3.89. The van der Waals surface area contributed by atoms with Gasteiger partial charge >= 0.3 is 5.97 Å². The van der Waals surface area contributed by atoms with Gasteiger partial charge < -0.3 is 15.4 Å². The molecule has 4 rings (SSSR count). The van der Waals surface area contributed by atoms with Crippen LogP contribution in [0.5, 0.6) is 0 Å². The zero-order chi connectivity index (χ0) is 17.4. The monoisotopic (exact) mass is 332 g/mol. The van der Waals surface area contributed by atoms with Crippen molar-refractivity contribution in [2.75, 3.05) is 0 Å². The molecule has 0 aliphatic carbocycles. The normalized spacial score (nSPS) is 20.0. The molecule has 0 bridgehead atoms. The number of benzene rings is 2. The third-order valence-electron chi connectivity index (χ3n) is 4.78. The minimum atomic E-state index is -0.936. The van der Waals surface area contributed by atoms with Gasteiger partial charge in [-0.25, -0.2) is 4.79 Å². The molecule has 2 atom stereocenters. The minimum absolute atomic E-state index is 0.114. The Bertz CT molecular complexity index is 954. The lowest BCUT2D eigenvalue weighted by molar-refractivity contribution is -0.131. The summed E-state index contributed by atoms with van der Waals surface area (Å²) in [4.78, 5) is 14.2. The smallest absolute Gasteiger partial charge is 0.328 e. The summed E-state index contributed by atoms with van der Waals surface area (Å²) in [6.45, 7) is 2.21. The first-order chi connectivity index (χ1) is 12.1. The molecule has 0 unspecified atom stereocenters. The van der Waals surface area contributed by atoms with Crippen LogP contribution in [0, 0.1) is 0 Å². The van der Waals surface area contributed by atoms with Crippen LogP contribution in [-0.4, -0.2) is 22.1 Å². The van der Waals surface area contributed by atoms with Gasteiger partial charge in [0.1, 0.15) is 0 Å². The van der Waals surface area contributed by atoms with E-state index in [0.717, 1.165) is 18.1 Å². The number of para-hydroxylation sites is 1. The van der Waals surface area contributed by atoms with Crippen LogP contribution in [0.25, 0.3) is 17.0 Å². The van der Waals surface area contributed by atoms with Gasteiger partial charge in [0.2, 0.25) is 0 Å². The molecular weight excluding hydrogens is 312 g/mol. The second-order valence-electron chi connectivity index (χ2n) is 6.61. The highest BCUT2D eigenvalue weighted by molar-refractivity contribution is 5.86. The van der Waals surface area contributed by atoms with Crippen molar-refractivity contribution in [3.05, 3.63) is 77.0 Å². The molecule has 4 nitrogen and oxygen atoms in total. The van der Waals surface area contributed by atoms with Gasteiger partial charge in [-0.3, -0.25) is 0 Å². The summed E-state index contributed by atoms with van der Waals surface area (Å²) in [7, 11) is 0. The van der Waals surface area contributed by atoms with Crippen molar-refractivity contribution in [1.82, 2.24) is 10.3 Å². The van der Waals surface area contributed by atoms with Crippen LogP contribution in [0.1, 0.15) is 35.3 Å². The van der Waals surface area contributed by atoms with E-state index in [-0.39, 0.29) is 6.04 Å². The molecule has 0 saturated heterocycles. The molecule has 1 aromatic heterocycles. The van der Waals surface area contributed by atoms with Crippen molar-refractivity contribution in [2.24, 2.45) is 0 Å². The highest BCUT2D eigenvalue weighted by Crippen LogP contribution is 2.35. The van der Waals surface area contributed by atoms with E-state index in [0.29, 0.717) is 6.04 Å². The number of carboxylic acids is 1. The number of carbonyl (C=O) groups is 1. The van der Waals surface area contributed by atoms with Crippen molar-refractivity contribution in [3.63, 3.8) is 0 Å². The molecule has 0 spiro atoms. The standard InChI is InChI=1S/C21H20N2O2/c1-13-12-17-16-4-2-3-5-18(16)23-21(17)20(22-13)15-9-6-14(7-10-15)8-11-19(24)25/h2-11,13,20,22-23H,12H2,1H3,(H,24,25)/t13-,20-/m1/s1. The van der Waals surface area contributed by atoms with Crippen molar-refractivity contribution in [3.8, 4) is 0 Å². The third-order valence-corrected chi connectivity index (χ3v) is 4.78. The second kappa shape index (κ2) is 6.22. The van der Waals surface area contributed by atoms with E-state index in [4.69, 9.17) is 5.11 Å². The molecule has 0 radical (unpaired) electrons. The van der Waals surface area contributed by atoms with Crippen LogP contribution in [0.15, 0.2) is 54.6 Å². The summed E-state index contributed by atoms with van der Waals surface area (Å²) >= 11 is 0. The number of aromatic amines is 1. The Labute approximate surface area is 146 Å². The molecule has 25 heavy (non-hydrogen) atoms. The molecule has 1 aliphatic heterocycles. The zero-order valence-electron chi connectivity index (χ0n) is 14.0. The van der Waals surface area contributed by atoms with Gasteiger partial charge in [-0.15, -0.1) is 0 Å². The van der Waals surface area contributed by atoms with Gasteiger partial charge in [0.25, 0.3) is 0 Å². The topological polar surface area (TPSA) is 65.1 Å². The molecule has 2 heterocycles. The van der Waals surface area contributed by atoms with Crippen LogP contribution in [0.3, 0.4) is 0 Å². The number of H-pyrrole nitrogens is 1. The number of aliphatic carboxylic acids is 1. The molecule has 4 heteroatoms. The van der Waals surface area contributed by atoms with Crippen LogP contribution in [0.2, 0.25) is 0 Å². The zero-order valence-corrected chi connectivity index (χ0v) is 14.0. The number of nitrogens with one attached hydrogen (secondary N) is 2. The lowest BCUT2D eigenvalue weighted by Gasteiger charge is -2.29.